The van der Waals surface area contributed by atoms with Crippen LogP contribution in [0.15, 0.2) is 24.3 Å². The third kappa shape index (κ3) is 2.82. The number of fused-ring (bicyclic) bond motifs is 1. The first-order valence-electron chi connectivity index (χ1n) is 7.83. The Morgan fingerprint density at radius 1 is 1.25 bits per heavy atom. The Balaban J connectivity index is 1.64. The number of anilines is 1. The summed E-state index contributed by atoms with van der Waals surface area (Å²) in [4.78, 5) is 12.5. The SMILES string of the molecule is CC1(NC(=O)C2CCc3ccccc3N2)CCCCC1. The third-order valence-corrected chi connectivity index (χ3v) is 4.75. The summed E-state index contributed by atoms with van der Waals surface area (Å²) in [5.74, 6) is 0.170. The van der Waals surface area contributed by atoms with Crippen LogP contribution in [0, 0.1) is 0 Å². The van der Waals surface area contributed by atoms with Crippen molar-refractivity contribution in [2.75, 3.05) is 5.32 Å². The number of benzene rings is 1. The number of carbonyl (C=O) groups is 1. The molecule has 1 fully saturated rings. The minimum Gasteiger partial charge on any atom is -0.373 e. The molecule has 0 spiro atoms. The van der Waals surface area contributed by atoms with Gasteiger partial charge in [-0.05, 0) is 44.2 Å². The van der Waals surface area contributed by atoms with E-state index in [0.29, 0.717) is 0 Å². The van der Waals surface area contributed by atoms with Crippen LogP contribution in [-0.2, 0) is 11.2 Å². The van der Waals surface area contributed by atoms with Gasteiger partial charge in [-0.2, -0.15) is 0 Å². The standard InChI is InChI=1S/C17H24N2O/c1-17(11-5-2-6-12-17)19-16(20)15-10-9-13-7-3-4-8-14(13)18-15/h3-4,7-8,15,18H,2,5-6,9-12H2,1H3,(H,19,20). The van der Waals surface area contributed by atoms with E-state index < -0.39 is 0 Å². The smallest absolute Gasteiger partial charge is 0.242 e. The summed E-state index contributed by atoms with van der Waals surface area (Å²) in [5.41, 5.74) is 2.45. The maximum atomic E-state index is 12.5. The second kappa shape index (κ2) is 5.47. The summed E-state index contributed by atoms with van der Waals surface area (Å²) >= 11 is 0. The number of hydrogen-bond donors (Lipinski definition) is 2. The van der Waals surface area contributed by atoms with Gasteiger partial charge in [-0.25, -0.2) is 0 Å². The first kappa shape index (κ1) is 13.5. The number of nitrogens with one attached hydrogen (secondary N) is 2. The topological polar surface area (TPSA) is 41.1 Å². The van der Waals surface area contributed by atoms with Crippen molar-refractivity contribution in [2.24, 2.45) is 0 Å². The Kier molecular flexibility index (Phi) is 3.68. The molecule has 1 heterocycles. The molecule has 1 atom stereocenters. The van der Waals surface area contributed by atoms with Crippen LogP contribution in [0.2, 0.25) is 0 Å². The first-order chi connectivity index (χ1) is 9.66. The number of amides is 1. The second-order valence-corrected chi connectivity index (χ2v) is 6.50. The Bertz CT molecular complexity index is 492. The molecule has 1 aromatic rings. The van der Waals surface area contributed by atoms with E-state index in [1.165, 1.54) is 24.8 Å². The highest BCUT2D eigenvalue weighted by Gasteiger charge is 2.32. The van der Waals surface area contributed by atoms with Crippen molar-refractivity contribution in [2.45, 2.75) is 63.5 Å². The second-order valence-electron chi connectivity index (χ2n) is 6.50. The van der Waals surface area contributed by atoms with Gasteiger partial charge >= 0.3 is 0 Å². The van der Waals surface area contributed by atoms with Crippen LogP contribution < -0.4 is 10.6 Å². The molecule has 1 aliphatic heterocycles. The fourth-order valence-electron chi connectivity index (χ4n) is 3.48. The maximum absolute atomic E-state index is 12.5. The molecule has 0 bridgehead atoms. The van der Waals surface area contributed by atoms with E-state index in [9.17, 15) is 4.79 Å². The maximum Gasteiger partial charge on any atom is 0.242 e. The van der Waals surface area contributed by atoms with Crippen molar-refractivity contribution in [3.63, 3.8) is 0 Å². The zero-order chi connectivity index (χ0) is 14.0. The van der Waals surface area contributed by atoms with Crippen molar-refractivity contribution in [3.05, 3.63) is 29.8 Å². The van der Waals surface area contributed by atoms with Gasteiger partial charge in [0.05, 0.1) is 0 Å². The number of para-hydroxylation sites is 1. The molecule has 0 aromatic heterocycles. The van der Waals surface area contributed by atoms with Crippen LogP contribution >= 0.6 is 0 Å². The van der Waals surface area contributed by atoms with Gasteiger partial charge in [0.1, 0.15) is 6.04 Å². The van der Waals surface area contributed by atoms with Crippen LogP contribution in [0.3, 0.4) is 0 Å². The zero-order valence-electron chi connectivity index (χ0n) is 12.2. The molecular weight excluding hydrogens is 248 g/mol. The van der Waals surface area contributed by atoms with Crippen LogP contribution in [0.25, 0.3) is 0 Å². The van der Waals surface area contributed by atoms with Gasteiger partial charge < -0.3 is 10.6 Å². The lowest BCUT2D eigenvalue weighted by atomic mass is 9.83. The molecule has 1 saturated carbocycles. The molecule has 0 saturated heterocycles. The highest BCUT2D eigenvalue weighted by Crippen LogP contribution is 2.29. The van der Waals surface area contributed by atoms with E-state index in [-0.39, 0.29) is 17.5 Å². The van der Waals surface area contributed by atoms with Gasteiger partial charge in [-0.1, -0.05) is 37.5 Å². The van der Waals surface area contributed by atoms with Crippen LogP contribution in [-0.4, -0.2) is 17.5 Å². The molecule has 1 aliphatic carbocycles. The van der Waals surface area contributed by atoms with Crippen molar-refractivity contribution < 1.29 is 4.79 Å². The van der Waals surface area contributed by atoms with E-state index in [1.54, 1.807) is 0 Å². The molecule has 20 heavy (non-hydrogen) atoms. The van der Waals surface area contributed by atoms with Gasteiger partial charge in [-0.3, -0.25) is 4.79 Å². The van der Waals surface area contributed by atoms with E-state index >= 15 is 0 Å². The Morgan fingerprint density at radius 2 is 2.00 bits per heavy atom. The van der Waals surface area contributed by atoms with Crippen molar-refractivity contribution in [1.29, 1.82) is 0 Å². The quantitative estimate of drug-likeness (QED) is 0.867. The largest absolute Gasteiger partial charge is 0.373 e. The van der Waals surface area contributed by atoms with E-state index in [4.69, 9.17) is 0 Å². The normalized spacial score (nSPS) is 24.4. The average Bonchev–Trinajstić information content (AvgIpc) is 2.47. The monoisotopic (exact) mass is 272 g/mol. The predicted octanol–water partition coefficient (Wildman–Crippen LogP) is 3.25. The molecule has 2 aliphatic rings. The lowest BCUT2D eigenvalue weighted by molar-refractivity contribution is -0.124. The highest BCUT2D eigenvalue weighted by molar-refractivity contribution is 5.86. The van der Waals surface area contributed by atoms with Gasteiger partial charge in [0.15, 0.2) is 0 Å². The van der Waals surface area contributed by atoms with E-state index in [0.717, 1.165) is 31.4 Å². The lowest BCUT2D eigenvalue weighted by Gasteiger charge is -2.37. The molecular formula is C17H24N2O. The van der Waals surface area contributed by atoms with E-state index in [2.05, 4.69) is 35.8 Å². The van der Waals surface area contributed by atoms with Crippen molar-refractivity contribution >= 4 is 11.6 Å². The molecule has 2 N–H and O–H groups in total. The minimum atomic E-state index is -0.0800. The Labute approximate surface area is 121 Å². The molecule has 1 amide bonds. The fraction of sp³-hybridized carbons (Fsp3) is 0.588. The number of rotatable bonds is 2. The predicted molar refractivity (Wildman–Crippen MR) is 81.8 cm³/mol. The summed E-state index contributed by atoms with van der Waals surface area (Å²) < 4.78 is 0. The minimum absolute atomic E-state index is 0.00792. The van der Waals surface area contributed by atoms with Crippen LogP contribution in [0.1, 0.15) is 51.0 Å². The van der Waals surface area contributed by atoms with Crippen LogP contribution in [0.5, 0.6) is 0 Å². The van der Waals surface area contributed by atoms with Gasteiger partial charge in [0.25, 0.3) is 0 Å². The summed E-state index contributed by atoms with van der Waals surface area (Å²) in [6, 6.07) is 8.21. The summed E-state index contributed by atoms with van der Waals surface area (Å²) in [5, 5.41) is 6.69. The first-order valence-corrected chi connectivity index (χ1v) is 7.83. The van der Waals surface area contributed by atoms with E-state index in [1.807, 2.05) is 6.07 Å². The van der Waals surface area contributed by atoms with Gasteiger partial charge in [0, 0.05) is 11.2 Å². The zero-order valence-corrected chi connectivity index (χ0v) is 12.2. The number of hydrogen-bond acceptors (Lipinski definition) is 2. The van der Waals surface area contributed by atoms with Crippen LogP contribution in [0.4, 0.5) is 5.69 Å². The Hall–Kier alpha value is -1.51. The summed E-state index contributed by atoms with van der Waals surface area (Å²) in [6.45, 7) is 2.20. The molecule has 3 rings (SSSR count). The lowest BCUT2D eigenvalue weighted by Crippen LogP contribution is -2.53. The summed E-state index contributed by atoms with van der Waals surface area (Å²) in [7, 11) is 0. The number of aryl methyl sites for hydroxylation is 1. The van der Waals surface area contributed by atoms with Gasteiger partial charge in [-0.15, -0.1) is 0 Å². The molecule has 3 nitrogen and oxygen atoms in total. The molecule has 108 valence electrons. The number of carbonyl (C=O) groups excluding carboxylic acids is 1. The fourth-order valence-corrected chi connectivity index (χ4v) is 3.48. The van der Waals surface area contributed by atoms with Crippen molar-refractivity contribution in [3.8, 4) is 0 Å². The molecule has 3 heteroatoms. The average molecular weight is 272 g/mol. The Morgan fingerprint density at radius 3 is 2.80 bits per heavy atom. The van der Waals surface area contributed by atoms with Crippen molar-refractivity contribution in [1.82, 2.24) is 5.32 Å². The van der Waals surface area contributed by atoms with Gasteiger partial charge in [0.2, 0.25) is 5.91 Å². The third-order valence-electron chi connectivity index (χ3n) is 4.75. The molecule has 1 unspecified atom stereocenters. The summed E-state index contributed by atoms with van der Waals surface area (Å²) in [6.07, 6.45) is 7.87. The highest BCUT2D eigenvalue weighted by atomic mass is 16.2. The molecule has 0 radical (unpaired) electrons. The molecule has 1 aromatic carbocycles.